The second-order valence-corrected chi connectivity index (χ2v) is 7.37. The van der Waals surface area contributed by atoms with Crippen LogP contribution in [0.5, 0.6) is 0 Å². The van der Waals surface area contributed by atoms with Crippen molar-refractivity contribution in [1.29, 1.82) is 0 Å². The smallest absolute Gasteiger partial charge is 0.261 e. The molecule has 2 N–H and O–H groups in total. The molecule has 3 nitrogen and oxygen atoms in total. The van der Waals surface area contributed by atoms with E-state index in [1.807, 2.05) is 0 Å². The summed E-state index contributed by atoms with van der Waals surface area (Å²) in [6.45, 7) is 0.397. The van der Waals surface area contributed by atoms with Gasteiger partial charge in [0.05, 0.1) is 10.5 Å². The fourth-order valence-corrected chi connectivity index (χ4v) is 4.49. The average molecular weight is 293 g/mol. The van der Waals surface area contributed by atoms with Crippen LogP contribution in [0, 0.1) is 0 Å². The van der Waals surface area contributed by atoms with Crippen LogP contribution >= 0.6 is 11.3 Å². The van der Waals surface area contributed by atoms with Crippen LogP contribution in [0.25, 0.3) is 0 Å². The fourth-order valence-electron chi connectivity index (χ4n) is 3.32. The molecule has 0 unspecified atom stereocenters. The number of hydrogen-bond acceptors (Lipinski definition) is 3. The van der Waals surface area contributed by atoms with Crippen molar-refractivity contribution in [3.8, 4) is 0 Å². The summed E-state index contributed by atoms with van der Waals surface area (Å²) in [5.74, 6) is -0.0107. The van der Waals surface area contributed by atoms with E-state index in [0.717, 1.165) is 43.4 Å². The number of nitrogens with one attached hydrogen (secondary N) is 1. The van der Waals surface area contributed by atoms with Crippen molar-refractivity contribution in [1.82, 2.24) is 5.32 Å². The average Bonchev–Trinajstić information content (AvgIpc) is 2.99. The van der Waals surface area contributed by atoms with Crippen molar-refractivity contribution in [2.75, 3.05) is 6.54 Å². The van der Waals surface area contributed by atoms with Gasteiger partial charge < -0.3 is 10.4 Å². The number of fused-ring (bicyclic) bond motifs is 1. The number of hydrogen-bond donors (Lipinski definition) is 2. The maximum Gasteiger partial charge on any atom is 0.261 e. The molecule has 0 radical (unpaired) electrons. The predicted molar refractivity (Wildman–Crippen MR) is 81.3 cm³/mol. The largest absolute Gasteiger partial charge is 0.388 e. The molecule has 1 aromatic rings. The van der Waals surface area contributed by atoms with E-state index in [9.17, 15) is 9.90 Å². The highest BCUT2D eigenvalue weighted by Gasteiger charge is 2.31. The van der Waals surface area contributed by atoms with Gasteiger partial charge in [0.15, 0.2) is 0 Å². The Hall–Kier alpha value is -0.870. The van der Waals surface area contributed by atoms with Crippen LogP contribution in [0.15, 0.2) is 6.07 Å². The molecule has 20 heavy (non-hydrogen) atoms. The van der Waals surface area contributed by atoms with E-state index in [4.69, 9.17) is 0 Å². The van der Waals surface area contributed by atoms with Gasteiger partial charge in [0.2, 0.25) is 0 Å². The van der Waals surface area contributed by atoms with Crippen LogP contribution < -0.4 is 5.32 Å². The van der Waals surface area contributed by atoms with Gasteiger partial charge in [0, 0.05) is 11.4 Å². The lowest BCUT2D eigenvalue weighted by molar-refractivity contribution is 0.0450. The summed E-state index contributed by atoms with van der Waals surface area (Å²) in [5.41, 5.74) is 0.710. The lowest BCUT2D eigenvalue weighted by atomic mass is 10.0. The first-order valence-electron chi connectivity index (χ1n) is 7.78. The molecule has 0 aromatic carbocycles. The molecule has 4 heteroatoms. The summed E-state index contributed by atoms with van der Waals surface area (Å²) in [6, 6.07) is 2.07. The third-order valence-electron chi connectivity index (χ3n) is 4.58. The third-order valence-corrected chi connectivity index (χ3v) is 5.82. The minimum absolute atomic E-state index is 0.0107. The maximum atomic E-state index is 12.2. The number of carbonyl (C=O) groups is 1. The first-order chi connectivity index (χ1) is 9.66. The van der Waals surface area contributed by atoms with Gasteiger partial charge in [0.1, 0.15) is 0 Å². The molecule has 0 aliphatic heterocycles. The zero-order chi connectivity index (χ0) is 14.0. The SMILES string of the molecule is O=C(NCC1(O)CCCC1)c1cc2c(s1)CCCCC2. The summed E-state index contributed by atoms with van der Waals surface area (Å²) < 4.78 is 0. The van der Waals surface area contributed by atoms with Crippen LogP contribution in [0.2, 0.25) is 0 Å². The van der Waals surface area contributed by atoms with Gasteiger partial charge in [-0.3, -0.25) is 4.79 Å². The second-order valence-electron chi connectivity index (χ2n) is 6.23. The first kappa shape index (κ1) is 14.1. The Kier molecular flexibility index (Phi) is 4.13. The van der Waals surface area contributed by atoms with Crippen LogP contribution in [0.1, 0.15) is 65.1 Å². The normalized spacial score (nSPS) is 21.2. The number of amides is 1. The summed E-state index contributed by atoms with van der Waals surface area (Å²) in [4.78, 5) is 14.4. The van der Waals surface area contributed by atoms with Gasteiger partial charge >= 0.3 is 0 Å². The molecular weight excluding hydrogens is 270 g/mol. The number of thiophene rings is 1. The topological polar surface area (TPSA) is 49.3 Å². The molecule has 0 atom stereocenters. The second kappa shape index (κ2) is 5.86. The molecule has 2 aliphatic carbocycles. The maximum absolute atomic E-state index is 12.2. The van der Waals surface area contributed by atoms with E-state index in [1.165, 1.54) is 29.7 Å². The molecule has 110 valence electrons. The highest BCUT2D eigenvalue weighted by molar-refractivity contribution is 7.14. The monoisotopic (exact) mass is 293 g/mol. The van der Waals surface area contributed by atoms with Crippen LogP contribution in [0.4, 0.5) is 0 Å². The molecule has 1 saturated carbocycles. The van der Waals surface area contributed by atoms with E-state index >= 15 is 0 Å². The number of carbonyl (C=O) groups excluding carboxylic acids is 1. The third kappa shape index (κ3) is 3.07. The van der Waals surface area contributed by atoms with E-state index < -0.39 is 5.60 Å². The summed E-state index contributed by atoms with van der Waals surface area (Å²) >= 11 is 1.64. The van der Waals surface area contributed by atoms with Crippen LogP contribution in [0.3, 0.4) is 0 Å². The molecule has 1 heterocycles. The Morgan fingerprint density at radius 1 is 1.20 bits per heavy atom. The zero-order valence-corrected chi connectivity index (χ0v) is 12.7. The molecule has 0 saturated heterocycles. The summed E-state index contributed by atoms with van der Waals surface area (Å²) in [6.07, 6.45) is 9.79. The van der Waals surface area contributed by atoms with Crippen molar-refractivity contribution in [3.05, 3.63) is 21.4 Å². The van der Waals surface area contributed by atoms with Crippen molar-refractivity contribution < 1.29 is 9.90 Å². The molecular formula is C16H23NO2S. The van der Waals surface area contributed by atoms with Gasteiger partial charge in [-0.15, -0.1) is 11.3 Å². The zero-order valence-electron chi connectivity index (χ0n) is 11.9. The molecule has 0 spiro atoms. The molecule has 1 fully saturated rings. The van der Waals surface area contributed by atoms with E-state index in [1.54, 1.807) is 11.3 Å². The van der Waals surface area contributed by atoms with Crippen LogP contribution in [-0.2, 0) is 12.8 Å². The first-order valence-corrected chi connectivity index (χ1v) is 8.60. The Labute approximate surface area is 124 Å². The summed E-state index contributed by atoms with van der Waals surface area (Å²) in [7, 11) is 0. The quantitative estimate of drug-likeness (QED) is 0.842. The van der Waals surface area contributed by atoms with E-state index in [0.29, 0.717) is 6.54 Å². The van der Waals surface area contributed by atoms with Crippen LogP contribution in [-0.4, -0.2) is 23.2 Å². The van der Waals surface area contributed by atoms with Gasteiger partial charge in [-0.2, -0.15) is 0 Å². The molecule has 1 aromatic heterocycles. The Morgan fingerprint density at radius 2 is 1.95 bits per heavy atom. The Morgan fingerprint density at radius 3 is 2.75 bits per heavy atom. The highest BCUT2D eigenvalue weighted by atomic mass is 32.1. The van der Waals surface area contributed by atoms with Gasteiger partial charge in [0.25, 0.3) is 5.91 Å². The molecule has 1 amide bonds. The van der Waals surface area contributed by atoms with Gasteiger partial charge in [-0.25, -0.2) is 0 Å². The van der Waals surface area contributed by atoms with E-state index in [2.05, 4.69) is 11.4 Å². The lowest BCUT2D eigenvalue weighted by Crippen LogP contribution is -2.40. The number of rotatable bonds is 3. The molecule has 2 aliphatic rings. The molecule has 3 rings (SSSR count). The standard InChI is InChI=1S/C16H23NO2S/c18-15(17-11-16(19)8-4-5-9-16)14-10-12-6-2-1-3-7-13(12)20-14/h10,19H,1-9,11H2,(H,17,18). The Balaban J connectivity index is 1.62. The lowest BCUT2D eigenvalue weighted by Gasteiger charge is -2.22. The van der Waals surface area contributed by atoms with Gasteiger partial charge in [-0.05, 0) is 50.2 Å². The fraction of sp³-hybridized carbons (Fsp3) is 0.688. The van der Waals surface area contributed by atoms with Crippen molar-refractivity contribution in [2.24, 2.45) is 0 Å². The Bertz CT molecular complexity index is 465. The number of aryl methyl sites for hydroxylation is 2. The molecule has 0 bridgehead atoms. The minimum Gasteiger partial charge on any atom is -0.388 e. The van der Waals surface area contributed by atoms with Gasteiger partial charge in [-0.1, -0.05) is 19.3 Å². The van der Waals surface area contributed by atoms with Crippen molar-refractivity contribution in [3.63, 3.8) is 0 Å². The predicted octanol–water partition coefficient (Wildman–Crippen LogP) is 3.05. The van der Waals surface area contributed by atoms with E-state index in [-0.39, 0.29) is 5.91 Å². The number of aliphatic hydroxyl groups is 1. The van der Waals surface area contributed by atoms with Crippen molar-refractivity contribution in [2.45, 2.75) is 63.4 Å². The highest BCUT2D eigenvalue weighted by Crippen LogP contribution is 2.30. The minimum atomic E-state index is -0.663. The van der Waals surface area contributed by atoms with Crippen molar-refractivity contribution >= 4 is 17.2 Å². The summed E-state index contributed by atoms with van der Waals surface area (Å²) in [5, 5.41) is 13.2.